The van der Waals surface area contributed by atoms with Crippen LogP contribution in [0, 0.1) is 17.2 Å². The number of nitrogens with zero attached hydrogens (tertiary/aromatic N) is 1. The van der Waals surface area contributed by atoms with Crippen LogP contribution in [0.1, 0.15) is 12.0 Å². The predicted molar refractivity (Wildman–Crippen MR) is 70.0 cm³/mol. The number of carbonyl (C=O) groups excluding carboxylic acids is 1. The first-order valence-corrected chi connectivity index (χ1v) is 5.92. The van der Waals surface area contributed by atoms with Crippen molar-refractivity contribution >= 4 is 23.2 Å². The van der Waals surface area contributed by atoms with Gasteiger partial charge < -0.3 is 11.1 Å². The molecular formula is C13H12ClN3O. The molecule has 92 valence electrons. The van der Waals surface area contributed by atoms with Crippen LogP contribution < -0.4 is 11.1 Å². The van der Waals surface area contributed by atoms with Gasteiger partial charge in [-0.25, -0.2) is 0 Å². The number of carbonyl (C=O) groups is 1. The minimum absolute atomic E-state index is 0.0582. The summed E-state index contributed by atoms with van der Waals surface area (Å²) in [7, 11) is 0. The Labute approximate surface area is 110 Å². The normalized spacial score (nSPS) is 21.6. The van der Waals surface area contributed by atoms with Gasteiger partial charge in [-0.3, -0.25) is 4.79 Å². The molecule has 0 saturated heterocycles. The van der Waals surface area contributed by atoms with Gasteiger partial charge >= 0.3 is 0 Å². The van der Waals surface area contributed by atoms with Crippen molar-refractivity contribution in [3.63, 3.8) is 0 Å². The number of nitriles is 1. The molecule has 0 radical (unpaired) electrons. The first kappa shape index (κ1) is 12.6. The lowest BCUT2D eigenvalue weighted by atomic mass is 10.1. The Morgan fingerprint density at radius 3 is 2.83 bits per heavy atom. The van der Waals surface area contributed by atoms with E-state index in [0.717, 1.165) is 0 Å². The van der Waals surface area contributed by atoms with Crippen molar-refractivity contribution in [3.05, 3.63) is 40.9 Å². The van der Waals surface area contributed by atoms with Crippen LogP contribution in [0.3, 0.4) is 0 Å². The molecule has 0 fully saturated rings. The average Bonchev–Trinajstić information content (AvgIpc) is 2.78. The third-order valence-electron chi connectivity index (χ3n) is 2.81. The highest BCUT2D eigenvalue weighted by molar-refractivity contribution is 6.33. The fourth-order valence-electron chi connectivity index (χ4n) is 1.83. The molecule has 2 atom stereocenters. The van der Waals surface area contributed by atoms with Crippen LogP contribution in [0.15, 0.2) is 30.4 Å². The second kappa shape index (κ2) is 5.21. The second-order valence-electron chi connectivity index (χ2n) is 4.19. The van der Waals surface area contributed by atoms with Gasteiger partial charge in [-0.15, -0.1) is 0 Å². The molecule has 0 saturated carbocycles. The van der Waals surface area contributed by atoms with Crippen molar-refractivity contribution in [1.29, 1.82) is 5.26 Å². The minimum Gasteiger partial charge on any atom is -0.324 e. The Balaban J connectivity index is 2.08. The standard InChI is InChI=1S/C13H12ClN3O/c14-11-5-8(7-15)1-4-12(11)17-13(18)9-2-3-10(16)6-9/h1-5,9-10H,6,16H2,(H,17,18). The molecule has 1 aromatic rings. The molecule has 1 aromatic carbocycles. The summed E-state index contributed by atoms with van der Waals surface area (Å²) in [4.78, 5) is 11.9. The maximum Gasteiger partial charge on any atom is 0.231 e. The van der Waals surface area contributed by atoms with Crippen molar-refractivity contribution in [2.75, 3.05) is 5.32 Å². The lowest BCUT2D eigenvalue weighted by Crippen LogP contribution is -2.24. The molecular weight excluding hydrogens is 250 g/mol. The van der Waals surface area contributed by atoms with E-state index in [2.05, 4.69) is 5.32 Å². The largest absolute Gasteiger partial charge is 0.324 e. The maximum absolute atomic E-state index is 11.9. The molecule has 0 aliphatic heterocycles. The number of nitrogens with two attached hydrogens (primary N) is 1. The summed E-state index contributed by atoms with van der Waals surface area (Å²) in [5, 5.41) is 11.8. The minimum atomic E-state index is -0.216. The van der Waals surface area contributed by atoms with E-state index in [1.807, 2.05) is 12.1 Å². The van der Waals surface area contributed by atoms with E-state index in [-0.39, 0.29) is 17.9 Å². The Bertz CT molecular complexity index is 548. The second-order valence-corrected chi connectivity index (χ2v) is 4.59. The van der Waals surface area contributed by atoms with Crippen molar-refractivity contribution in [2.45, 2.75) is 12.5 Å². The van der Waals surface area contributed by atoms with Gasteiger partial charge in [-0.05, 0) is 24.6 Å². The molecule has 1 amide bonds. The van der Waals surface area contributed by atoms with Gasteiger partial charge in [0.2, 0.25) is 5.91 Å². The van der Waals surface area contributed by atoms with Gasteiger partial charge in [0, 0.05) is 6.04 Å². The van der Waals surface area contributed by atoms with E-state index < -0.39 is 0 Å². The molecule has 2 rings (SSSR count). The third-order valence-corrected chi connectivity index (χ3v) is 3.12. The Kier molecular flexibility index (Phi) is 3.66. The van der Waals surface area contributed by atoms with E-state index >= 15 is 0 Å². The lowest BCUT2D eigenvalue weighted by molar-refractivity contribution is -0.118. The number of anilines is 1. The number of benzene rings is 1. The first-order chi connectivity index (χ1) is 8.60. The number of nitrogens with one attached hydrogen (secondary N) is 1. The third kappa shape index (κ3) is 2.70. The van der Waals surface area contributed by atoms with Crippen LogP contribution in [0.4, 0.5) is 5.69 Å². The summed E-state index contributed by atoms with van der Waals surface area (Å²) in [6.45, 7) is 0. The van der Waals surface area contributed by atoms with Gasteiger partial charge in [0.25, 0.3) is 0 Å². The van der Waals surface area contributed by atoms with Crippen LogP contribution in [0.25, 0.3) is 0 Å². The summed E-state index contributed by atoms with van der Waals surface area (Å²) < 4.78 is 0. The zero-order valence-electron chi connectivity index (χ0n) is 9.56. The summed E-state index contributed by atoms with van der Waals surface area (Å²) >= 11 is 5.98. The van der Waals surface area contributed by atoms with Crippen LogP contribution >= 0.6 is 11.6 Å². The first-order valence-electron chi connectivity index (χ1n) is 5.54. The van der Waals surface area contributed by atoms with E-state index in [0.29, 0.717) is 22.7 Å². The lowest BCUT2D eigenvalue weighted by Gasteiger charge is -2.11. The fraction of sp³-hybridized carbons (Fsp3) is 0.231. The van der Waals surface area contributed by atoms with Gasteiger partial charge in [0.05, 0.1) is 28.3 Å². The Hall–Kier alpha value is -1.83. The molecule has 0 aromatic heterocycles. The highest BCUT2D eigenvalue weighted by Gasteiger charge is 2.23. The zero-order valence-corrected chi connectivity index (χ0v) is 10.3. The number of hydrogen-bond acceptors (Lipinski definition) is 3. The monoisotopic (exact) mass is 261 g/mol. The quantitative estimate of drug-likeness (QED) is 0.800. The van der Waals surface area contributed by atoms with Crippen LogP contribution in [-0.4, -0.2) is 11.9 Å². The number of rotatable bonds is 2. The highest BCUT2D eigenvalue weighted by Crippen LogP contribution is 2.25. The maximum atomic E-state index is 11.9. The topological polar surface area (TPSA) is 78.9 Å². The molecule has 0 bridgehead atoms. The summed E-state index contributed by atoms with van der Waals surface area (Å²) in [6, 6.07) is 6.68. The molecule has 5 heteroatoms. The number of halogens is 1. The number of hydrogen-bond donors (Lipinski definition) is 2. The molecule has 18 heavy (non-hydrogen) atoms. The molecule has 3 N–H and O–H groups in total. The van der Waals surface area contributed by atoms with Crippen molar-refractivity contribution in [1.82, 2.24) is 0 Å². The molecule has 0 heterocycles. The van der Waals surface area contributed by atoms with Crippen molar-refractivity contribution in [2.24, 2.45) is 11.7 Å². The van der Waals surface area contributed by atoms with Gasteiger partial charge in [0.15, 0.2) is 0 Å². The Morgan fingerprint density at radius 2 is 2.28 bits per heavy atom. The molecule has 1 aliphatic rings. The van der Waals surface area contributed by atoms with Crippen LogP contribution in [-0.2, 0) is 4.79 Å². The molecule has 2 unspecified atom stereocenters. The summed E-state index contributed by atoms with van der Waals surface area (Å²) in [5.41, 5.74) is 6.66. The predicted octanol–water partition coefficient (Wildman–Crippen LogP) is 2.05. The number of amides is 1. The smallest absolute Gasteiger partial charge is 0.231 e. The zero-order chi connectivity index (χ0) is 13.1. The molecule has 1 aliphatic carbocycles. The van der Waals surface area contributed by atoms with Gasteiger partial charge in [-0.2, -0.15) is 5.26 Å². The molecule has 4 nitrogen and oxygen atoms in total. The molecule has 0 spiro atoms. The SMILES string of the molecule is N#Cc1ccc(NC(=O)C2C=CC(N)C2)c(Cl)c1. The van der Waals surface area contributed by atoms with Crippen LogP contribution in [0.2, 0.25) is 5.02 Å². The van der Waals surface area contributed by atoms with Gasteiger partial charge in [-0.1, -0.05) is 23.8 Å². The highest BCUT2D eigenvalue weighted by atomic mass is 35.5. The fourth-order valence-corrected chi connectivity index (χ4v) is 2.06. The van der Waals surface area contributed by atoms with Gasteiger partial charge in [0.1, 0.15) is 0 Å². The van der Waals surface area contributed by atoms with Crippen molar-refractivity contribution < 1.29 is 4.79 Å². The summed E-state index contributed by atoms with van der Waals surface area (Å²) in [6.07, 6.45) is 4.24. The van der Waals surface area contributed by atoms with E-state index in [1.54, 1.807) is 18.2 Å². The van der Waals surface area contributed by atoms with Crippen molar-refractivity contribution in [3.8, 4) is 6.07 Å². The summed E-state index contributed by atoms with van der Waals surface area (Å²) in [5.74, 6) is -0.350. The van der Waals surface area contributed by atoms with Crippen LogP contribution in [0.5, 0.6) is 0 Å². The van der Waals surface area contributed by atoms with E-state index in [9.17, 15) is 4.79 Å². The average molecular weight is 262 g/mol. The van der Waals surface area contributed by atoms with E-state index in [1.165, 1.54) is 6.07 Å². The Morgan fingerprint density at radius 1 is 1.50 bits per heavy atom. The van der Waals surface area contributed by atoms with E-state index in [4.69, 9.17) is 22.6 Å².